The normalized spacial score (nSPS) is 15.2. The van der Waals surface area contributed by atoms with E-state index in [1.807, 2.05) is 0 Å². The molecule has 1 rings (SSSR count). The van der Waals surface area contributed by atoms with Crippen LogP contribution in [0.15, 0.2) is 34.1 Å². The fourth-order valence-electron chi connectivity index (χ4n) is 1.18. The third-order valence-electron chi connectivity index (χ3n) is 2.38. The molecule has 0 heterocycles. The van der Waals surface area contributed by atoms with Crippen molar-refractivity contribution < 1.29 is 17.4 Å². The van der Waals surface area contributed by atoms with E-state index in [-0.39, 0.29) is 10.7 Å². The SMILES string of the molecule is CC(=O)C(C)S(=O)c1ccc(S(C)(=O)=O)cc1. The van der Waals surface area contributed by atoms with Gasteiger partial charge in [0.05, 0.1) is 20.9 Å². The summed E-state index contributed by atoms with van der Waals surface area (Å²) in [4.78, 5) is 11.7. The number of benzene rings is 1. The molecule has 0 saturated carbocycles. The number of ketones is 1. The molecule has 0 saturated heterocycles. The Bertz CT molecular complexity index is 543. The summed E-state index contributed by atoms with van der Waals surface area (Å²) in [6.45, 7) is 2.97. The first-order valence-electron chi connectivity index (χ1n) is 4.94. The standard InChI is InChI=1S/C11H14O4S2/c1-8(12)9(2)16(13)10-4-6-11(7-5-10)17(3,14)15/h4-7,9H,1-3H3. The largest absolute Gasteiger partial charge is 0.299 e. The Hall–Kier alpha value is -1.01. The fourth-order valence-corrected chi connectivity index (χ4v) is 2.92. The summed E-state index contributed by atoms with van der Waals surface area (Å²) in [6.07, 6.45) is 1.11. The van der Waals surface area contributed by atoms with Gasteiger partial charge in [0, 0.05) is 11.2 Å². The highest BCUT2D eigenvalue weighted by Gasteiger charge is 2.18. The van der Waals surface area contributed by atoms with Crippen molar-refractivity contribution in [2.75, 3.05) is 6.26 Å². The van der Waals surface area contributed by atoms with Crippen LogP contribution in [0.4, 0.5) is 0 Å². The van der Waals surface area contributed by atoms with Gasteiger partial charge in [-0.25, -0.2) is 8.42 Å². The van der Waals surface area contributed by atoms with Gasteiger partial charge in [0.25, 0.3) is 0 Å². The Morgan fingerprint density at radius 2 is 1.71 bits per heavy atom. The van der Waals surface area contributed by atoms with Crippen LogP contribution in [0.25, 0.3) is 0 Å². The van der Waals surface area contributed by atoms with Gasteiger partial charge in [-0.15, -0.1) is 0 Å². The first-order chi connectivity index (χ1) is 7.73. The van der Waals surface area contributed by atoms with Crippen LogP contribution in [0.3, 0.4) is 0 Å². The molecule has 2 atom stereocenters. The molecular formula is C11H14O4S2. The summed E-state index contributed by atoms with van der Waals surface area (Å²) in [6, 6.07) is 5.75. The zero-order valence-electron chi connectivity index (χ0n) is 9.84. The molecule has 0 radical (unpaired) electrons. The van der Waals surface area contributed by atoms with Crippen LogP contribution < -0.4 is 0 Å². The van der Waals surface area contributed by atoms with Crippen molar-refractivity contribution in [1.82, 2.24) is 0 Å². The number of sulfone groups is 1. The lowest BCUT2D eigenvalue weighted by Crippen LogP contribution is -2.19. The summed E-state index contributed by atoms with van der Waals surface area (Å²) >= 11 is 0. The Labute approximate surface area is 103 Å². The molecule has 4 nitrogen and oxygen atoms in total. The molecule has 0 aromatic heterocycles. The lowest BCUT2D eigenvalue weighted by atomic mass is 10.3. The molecule has 0 aliphatic rings. The second-order valence-corrected chi connectivity index (χ2v) is 7.58. The van der Waals surface area contributed by atoms with Crippen LogP contribution in [0.5, 0.6) is 0 Å². The summed E-state index contributed by atoms with van der Waals surface area (Å²) in [7, 11) is -4.69. The van der Waals surface area contributed by atoms with E-state index >= 15 is 0 Å². The predicted molar refractivity (Wildman–Crippen MR) is 66.1 cm³/mol. The van der Waals surface area contributed by atoms with Crippen molar-refractivity contribution in [3.63, 3.8) is 0 Å². The number of rotatable bonds is 4. The van der Waals surface area contributed by atoms with Gasteiger partial charge in [-0.2, -0.15) is 0 Å². The van der Waals surface area contributed by atoms with Crippen LogP contribution in [0, 0.1) is 0 Å². The Morgan fingerprint density at radius 1 is 1.24 bits per heavy atom. The van der Waals surface area contributed by atoms with Gasteiger partial charge >= 0.3 is 0 Å². The molecule has 0 N–H and O–H groups in total. The summed E-state index contributed by atoms with van der Waals surface area (Å²) in [5.41, 5.74) is 0. The van der Waals surface area contributed by atoms with Gasteiger partial charge < -0.3 is 0 Å². The van der Waals surface area contributed by atoms with Gasteiger partial charge in [0.2, 0.25) is 0 Å². The second-order valence-electron chi connectivity index (χ2n) is 3.79. The zero-order chi connectivity index (χ0) is 13.2. The van der Waals surface area contributed by atoms with Gasteiger partial charge in [0.15, 0.2) is 9.84 Å². The molecule has 0 amide bonds. The first-order valence-corrected chi connectivity index (χ1v) is 8.05. The smallest absolute Gasteiger partial charge is 0.175 e. The highest BCUT2D eigenvalue weighted by Crippen LogP contribution is 2.16. The molecule has 1 aromatic rings. The van der Waals surface area contributed by atoms with Crippen molar-refractivity contribution in [1.29, 1.82) is 0 Å². The average Bonchev–Trinajstić information content (AvgIpc) is 2.26. The number of Topliss-reactive ketones (excluding diaryl/α,β-unsaturated/α-hetero) is 1. The molecule has 0 bridgehead atoms. The molecule has 94 valence electrons. The van der Waals surface area contributed by atoms with Crippen molar-refractivity contribution in [3.8, 4) is 0 Å². The third-order valence-corrected chi connectivity index (χ3v) is 5.22. The second kappa shape index (κ2) is 5.10. The number of hydrogen-bond donors (Lipinski definition) is 0. The highest BCUT2D eigenvalue weighted by molar-refractivity contribution is 7.90. The molecule has 0 fully saturated rings. The average molecular weight is 274 g/mol. The van der Waals surface area contributed by atoms with Crippen LogP contribution in [0.1, 0.15) is 13.8 Å². The lowest BCUT2D eigenvalue weighted by molar-refractivity contribution is -0.116. The molecule has 0 aliphatic heterocycles. The lowest BCUT2D eigenvalue weighted by Gasteiger charge is -2.08. The maximum Gasteiger partial charge on any atom is 0.175 e. The van der Waals surface area contributed by atoms with E-state index in [9.17, 15) is 17.4 Å². The maximum absolute atomic E-state index is 11.9. The van der Waals surface area contributed by atoms with E-state index in [1.165, 1.54) is 31.2 Å². The molecule has 17 heavy (non-hydrogen) atoms. The first kappa shape index (κ1) is 14.1. The van der Waals surface area contributed by atoms with E-state index in [4.69, 9.17) is 0 Å². The number of hydrogen-bond acceptors (Lipinski definition) is 4. The monoisotopic (exact) mass is 274 g/mol. The topological polar surface area (TPSA) is 68.3 Å². The summed E-state index contributed by atoms with van der Waals surface area (Å²) in [5, 5.41) is -0.584. The third kappa shape index (κ3) is 3.47. The molecule has 6 heteroatoms. The fraction of sp³-hybridized carbons (Fsp3) is 0.364. The predicted octanol–water partition coefficient (Wildman–Crippen LogP) is 1.18. The van der Waals surface area contributed by atoms with Gasteiger partial charge in [-0.1, -0.05) is 0 Å². The summed E-state index contributed by atoms with van der Waals surface area (Å²) in [5.74, 6) is -0.157. The Morgan fingerprint density at radius 3 is 2.06 bits per heavy atom. The minimum absolute atomic E-state index is 0.157. The number of carbonyl (C=O) groups excluding carboxylic acids is 1. The zero-order valence-corrected chi connectivity index (χ0v) is 11.5. The van der Waals surface area contributed by atoms with E-state index in [2.05, 4.69) is 0 Å². The number of carbonyl (C=O) groups is 1. The minimum atomic E-state index is -3.25. The van der Waals surface area contributed by atoms with E-state index in [0.29, 0.717) is 4.90 Å². The van der Waals surface area contributed by atoms with Crippen molar-refractivity contribution in [2.24, 2.45) is 0 Å². The van der Waals surface area contributed by atoms with Crippen LogP contribution in [-0.2, 0) is 25.4 Å². The highest BCUT2D eigenvalue weighted by atomic mass is 32.2. The Balaban J connectivity index is 3.04. The van der Waals surface area contributed by atoms with Gasteiger partial charge in [-0.05, 0) is 38.1 Å². The van der Waals surface area contributed by atoms with Crippen molar-refractivity contribution >= 4 is 26.4 Å². The molecule has 2 unspecified atom stereocenters. The van der Waals surface area contributed by atoms with E-state index in [1.54, 1.807) is 6.92 Å². The van der Waals surface area contributed by atoms with E-state index < -0.39 is 25.9 Å². The van der Waals surface area contributed by atoms with Crippen molar-refractivity contribution in [2.45, 2.75) is 28.9 Å². The molecule has 0 spiro atoms. The summed E-state index contributed by atoms with van der Waals surface area (Å²) < 4.78 is 34.3. The van der Waals surface area contributed by atoms with Crippen LogP contribution in [-0.4, -0.2) is 29.9 Å². The minimum Gasteiger partial charge on any atom is -0.299 e. The van der Waals surface area contributed by atoms with Crippen molar-refractivity contribution in [3.05, 3.63) is 24.3 Å². The maximum atomic E-state index is 11.9. The van der Waals surface area contributed by atoms with Gasteiger partial charge in [-0.3, -0.25) is 9.00 Å². The molecular weight excluding hydrogens is 260 g/mol. The van der Waals surface area contributed by atoms with Gasteiger partial charge in [0.1, 0.15) is 5.78 Å². The Kier molecular flexibility index (Phi) is 4.21. The quantitative estimate of drug-likeness (QED) is 0.826. The van der Waals surface area contributed by atoms with Crippen LogP contribution >= 0.6 is 0 Å². The van der Waals surface area contributed by atoms with Crippen LogP contribution in [0.2, 0.25) is 0 Å². The molecule has 0 aliphatic carbocycles. The molecule has 1 aromatic carbocycles. The van der Waals surface area contributed by atoms with E-state index in [0.717, 1.165) is 6.26 Å².